The molecule has 3 heterocycles. The highest BCUT2D eigenvalue weighted by molar-refractivity contribution is 7.09. The van der Waals surface area contributed by atoms with Crippen molar-refractivity contribution in [3.8, 4) is 11.3 Å². The van der Waals surface area contributed by atoms with Crippen LogP contribution in [0.25, 0.3) is 11.3 Å². The van der Waals surface area contributed by atoms with Crippen LogP contribution in [0.15, 0.2) is 35.7 Å². The molecule has 1 N–H and O–H groups in total. The number of aromatic nitrogens is 1. The largest absolute Gasteiger partial charge is 0.441 e. The van der Waals surface area contributed by atoms with E-state index in [1.807, 2.05) is 18.2 Å². The normalized spacial score (nSPS) is 24.6. The van der Waals surface area contributed by atoms with Gasteiger partial charge in [-0.3, -0.25) is 4.90 Å². The number of ether oxygens (including phenoxy) is 1. The Morgan fingerprint density at radius 1 is 1.25 bits per heavy atom. The highest BCUT2D eigenvalue weighted by Gasteiger charge is 2.41. The second kappa shape index (κ2) is 6.53. The van der Waals surface area contributed by atoms with Gasteiger partial charge in [-0.2, -0.15) is 0 Å². The first-order chi connectivity index (χ1) is 11.7. The number of nitrogens with zero attached hydrogens (tertiary/aromatic N) is 2. The van der Waals surface area contributed by atoms with Gasteiger partial charge >= 0.3 is 6.09 Å². The van der Waals surface area contributed by atoms with E-state index in [-0.39, 0.29) is 11.7 Å². The third kappa shape index (κ3) is 3.30. The summed E-state index contributed by atoms with van der Waals surface area (Å²) in [5, 5.41) is 6.08. The maximum absolute atomic E-state index is 11.4. The van der Waals surface area contributed by atoms with Crippen LogP contribution in [0.3, 0.4) is 0 Å². The lowest BCUT2D eigenvalue weighted by Crippen LogP contribution is -2.34. The SMILES string of the molecule is O=C1NC[C@]2(CCCN(Cc3nc(-c4ccccc4)cs3)CC2)O1. The molecule has 0 bridgehead atoms. The molecule has 2 fully saturated rings. The standard InChI is InChI=1S/C18H21N3O2S/c22-17-19-13-18(23-17)7-4-9-21(10-8-18)11-16-20-15(12-24-16)14-5-2-1-3-6-14/h1-3,5-6,12H,4,7-11,13H2,(H,19,22)/t18-/m1/s1. The topological polar surface area (TPSA) is 54.5 Å². The van der Waals surface area contributed by atoms with Crippen molar-refractivity contribution < 1.29 is 9.53 Å². The van der Waals surface area contributed by atoms with Gasteiger partial charge in [0.05, 0.1) is 18.8 Å². The van der Waals surface area contributed by atoms with Gasteiger partial charge in [0.1, 0.15) is 10.6 Å². The van der Waals surface area contributed by atoms with E-state index in [4.69, 9.17) is 9.72 Å². The second-order valence-corrected chi connectivity index (χ2v) is 7.49. The molecule has 5 nitrogen and oxygen atoms in total. The molecule has 2 aliphatic rings. The summed E-state index contributed by atoms with van der Waals surface area (Å²) in [5.74, 6) is 0. The van der Waals surface area contributed by atoms with Crippen LogP contribution in [-0.4, -0.2) is 41.2 Å². The molecule has 1 aromatic carbocycles. The van der Waals surface area contributed by atoms with Gasteiger partial charge in [-0.25, -0.2) is 9.78 Å². The highest BCUT2D eigenvalue weighted by atomic mass is 32.1. The molecule has 2 aromatic rings. The van der Waals surface area contributed by atoms with E-state index in [1.54, 1.807) is 11.3 Å². The van der Waals surface area contributed by atoms with Gasteiger partial charge in [-0.1, -0.05) is 30.3 Å². The Balaban J connectivity index is 1.39. The van der Waals surface area contributed by atoms with E-state index in [1.165, 1.54) is 5.56 Å². The number of amides is 1. The summed E-state index contributed by atoms with van der Waals surface area (Å²) < 4.78 is 5.54. The average molecular weight is 343 g/mol. The van der Waals surface area contributed by atoms with E-state index >= 15 is 0 Å². The van der Waals surface area contributed by atoms with Gasteiger partial charge in [0, 0.05) is 23.9 Å². The number of benzene rings is 1. The maximum Gasteiger partial charge on any atom is 0.407 e. The zero-order chi connectivity index (χ0) is 16.4. The van der Waals surface area contributed by atoms with E-state index in [9.17, 15) is 4.79 Å². The number of thiazole rings is 1. The molecule has 2 saturated heterocycles. The molecule has 0 aliphatic carbocycles. The van der Waals surface area contributed by atoms with Gasteiger partial charge in [0.25, 0.3) is 0 Å². The number of hydrogen-bond donors (Lipinski definition) is 1. The van der Waals surface area contributed by atoms with Crippen molar-refractivity contribution in [1.82, 2.24) is 15.2 Å². The Kier molecular flexibility index (Phi) is 4.24. The van der Waals surface area contributed by atoms with Gasteiger partial charge in [0.2, 0.25) is 0 Å². The van der Waals surface area contributed by atoms with Crippen molar-refractivity contribution >= 4 is 17.4 Å². The quantitative estimate of drug-likeness (QED) is 0.929. The number of alkyl carbamates (subject to hydrolysis) is 1. The molecular weight excluding hydrogens is 322 g/mol. The van der Waals surface area contributed by atoms with Crippen LogP contribution in [0.5, 0.6) is 0 Å². The van der Waals surface area contributed by atoms with Crippen molar-refractivity contribution in [2.45, 2.75) is 31.4 Å². The Hall–Kier alpha value is -1.92. The van der Waals surface area contributed by atoms with E-state index in [2.05, 4.69) is 27.7 Å². The first-order valence-corrected chi connectivity index (χ1v) is 9.29. The minimum Gasteiger partial charge on any atom is -0.441 e. The molecule has 4 rings (SSSR count). The Bertz CT molecular complexity index is 718. The van der Waals surface area contributed by atoms with Crippen LogP contribution in [-0.2, 0) is 11.3 Å². The van der Waals surface area contributed by atoms with Crippen molar-refractivity contribution in [1.29, 1.82) is 0 Å². The first kappa shape index (κ1) is 15.6. The second-order valence-electron chi connectivity index (χ2n) is 6.55. The Morgan fingerprint density at radius 3 is 2.92 bits per heavy atom. The smallest absolute Gasteiger partial charge is 0.407 e. The van der Waals surface area contributed by atoms with Crippen LogP contribution >= 0.6 is 11.3 Å². The molecule has 0 saturated carbocycles. The van der Waals surface area contributed by atoms with Crippen LogP contribution in [0, 0.1) is 0 Å². The summed E-state index contributed by atoms with van der Waals surface area (Å²) in [4.78, 5) is 18.6. The molecule has 1 aromatic heterocycles. The van der Waals surface area contributed by atoms with Crippen molar-refractivity contribution in [3.05, 3.63) is 40.7 Å². The minimum atomic E-state index is -0.288. The zero-order valence-electron chi connectivity index (χ0n) is 13.5. The number of hydrogen-bond acceptors (Lipinski definition) is 5. The predicted molar refractivity (Wildman–Crippen MR) is 93.9 cm³/mol. The molecule has 1 spiro atoms. The Labute approximate surface area is 145 Å². The lowest BCUT2D eigenvalue weighted by molar-refractivity contribution is 0.0443. The van der Waals surface area contributed by atoms with Gasteiger partial charge in [-0.05, 0) is 19.4 Å². The molecule has 1 amide bonds. The zero-order valence-corrected chi connectivity index (χ0v) is 14.3. The predicted octanol–water partition coefficient (Wildman–Crippen LogP) is 3.27. The number of likely N-dealkylation sites (tertiary alicyclic amines) is 1. The van der Waals surface area contributed by atoms with Crippen molar-refractivity contribution in [3.63, 3.8) is 0 Å². The van der Waals surface area contributed by atoms with E-state index < -0.39 is 0 Å². The number of carbonyl (C=O) groups is 1. The number of carbonyl (C=O) groups excluding carboxylic acids is 1. The average Bonchev–Trinajstić information content (AvgIpc) is 3.15. The lowest BCUT2D eigenvalue weighted by Gasteiger charge is -2.24. The molecule has 126 valence electrons. The fourth-order valence-corrected chi connectivity index (χ4v) is 4.32. The summed E-state index contributed by atoms with van der Waals surface area (Å²) in [5.41, 5.74) is 1.93. The fourth-order valence-electron chi connectivity index (χ4n) is 3.48. The fraction of sp³-hybridized carbons (Fsp3) is 0.444. The first-order valence-electron chi connectivity index (χ1n) is 8.42. The van der Waals surface area contributed by atoms with E-state index in [0.717, 1.165) is 49.6 Å². The van der Waals surface area contributed by atoms with Crippen LogP contribution in [0.1, 0.15) is 24.3 Å². The van der Waals surface area contributed by atoms with Crippen LogP contribution in [0.2, 0.25) is 0 Å². The monoisotopic (exact) mass is 343 g/mol. The summed E-state index contributed by atoms with van der Waals surface area (Å²) in [6, 6.07) is 10.3. The van der Waals surface area contributed by atoms with Gasteiger partial charge in [0.15, 0.2) is 0 Å². The molecular formula is C18H21N3O2S. The van der Waals surface area contributed by atoms with Crippen LogP contribution in [0.4, 0.5) is 4.79 Å². The summed E-state index contributed by atoms with van der Waals surface area (Å²) in [7, 11) is 0. The lowest BCUT2D eigenvalue weighted by atomic mass is 9.95. The van der Waals surface area contributed by atoms with Crippen LogP contribution < -0.4 is 5.32 Å². The van der Waals surface area contributed by atoms with Crippen molar-refractivity contribution in [2.75, 3.05) is 19.6 Å². The van der Waals surface area contributed by atoms with Crippen molar-refractivity contribution in [2.24, 2.45) is 0 Å². The maximum atomic E-state index is 11.4. The number of nitrogens with one attached hydrogen (secondary N) is 1. The molecule has 0 radical (unpaired) electrons. The molecule has 24 heavy (non-hydrogen) atoms. The molecule has 0 unspecified atom stereocenters. The molecule has 1 atom stereocenters. The highest BCUT2D eigenvalue weighted by Crippen LogP contribution is 2.30. The Morgan fingerprint density at radius 2 is 2.12 bits per heavy atom. The summed E-state index contributed by atoms with van der Waals surface area (Å²) in [6.07, 6.45) is 2.61. The molecule has 2 aliphatic heterocycles. The third-order valence-corrected chi connectivity index (χ3v) is 5.67. The van der Waals surface area contributed by atoms with Gasteiger partial charge < -0.3 is 10.1 Å². The number of rotatable bonds is 3. The van der Waals surface area contributed by atoms with E-state index in [0.29, 0.717) is 6.54 Å². The van der Waals surface area contributed by atoms with Gasteiger partial charge in [-0.15, -0.1) is 11.3 Å². The third-order valence-electron chi connectivity index (χ3n) is 4.83. The molecule has 6 heteroatoms. The minimum absolute atomic E-state index is 0.268. The summed E-state index contributed by atoms with van der Waals surface area (Å²) >= 11 is 1.72. The summed E-state index contributed by atoms with van der Waals surface area (Å²) in [6.45, 7) is 3.48.